The van der Waals surface area contributed by atoms with Crippen molar-refractivity contribution < 1.29 is 9.53 Å². The number of para-hydroxylation sites is 1. The highest BCUT2D eigenvalue weighted by molar-refractivity contribution is 5.88. The third-order valence-electron chi connectivity index (χ3n) is 5.27. The van der Waals surface area contributed by atoms with E-state index in [4.69, 9.17) is 4.74 Å². The van der Waals surface area contributed by atoms with Crippen LogP contribution in [-0.4, -0.2) is 15.9 Å². The normalized spacial score (nSPS) is 16.9. The molecule has 1 aromatic heterocycles. The Morgan fingerprint density at radius 3 is 2.55 bits per heavy atom. The molecule has 1 aromatic carbocycles. The number of carbonyl (C=O) groups excluding carboxylic acids is 1. The van der Waals surface area contributed by atoms with Crippen molar-refractivity contribution in [2.24, 2.45) is 5.41 Å². The van der Waals surface area contributed by atoms with Crippen LogP contribution < -0.4 is 4.74 Å². The molecule has 4 heteroatoms. The van der Waals surface area contributed by atoms with Crippen LogP contribution in [0.4, 0.5) is 0 Å². The van der Waals surface area contributed by atoms with Gasteiger partial charge in [0.25, 0.3) is 0 Å². The molecule has 1 heterocycles. The number of rotatable bonds is 5. The zero-order chi connectivity index (χ0) is 20.9. The third kappa shape index (κ3) is 5.50. The van der Waals surface area contributed by atoms with Crippen molar-refractivity contribution in [1.82, 2.24) is 9.97 Å². The van der Waals surface area contributed by atoms with E-state index in [0.29, 0.717) is 11.4 Å². The smallest absolute Gasteiger partial charge is 0.363 e. The summed E-state index contributed by atoms with van der Waals surface area (Å²) in [5.41, 5.74) is 5.11. The van der Waals surface area contributed by atoms with Gasteiger partial charge in [-0.2, -0.15) is 0 Å². The summed E-state index contributed by atoms with van der Waals surface area (Å²) < 4.78 is 5.28. The molecule has 29 heavy (non-hydrogen) atoms. The van der Waals surface area contributed by atoms with E-state index in [1.165, 1.54) is 36.6 Å². The molecule has 1 aliphatic rings. The summed E-state index contributed by atoms with van der Waals surface area (Å²) in [5.74, 6) is -0.0303. The molecule has 2 aromatic rings. The zero-order valence-corrected chi connectivity index (χ0v) is 17.6. The quantitative estimate of drug-likeness (QED) is 0.348. The van der Waals surface area contributed by atoms with Gasteiger partial charge in [0.1, 0.15) is 5.75 Å². The van der Waals surface area contributed by atoms with Crippen LogP contribution in [0, 0.1) is 5.41 Å². The standard InChI is InChI=1S/C25H28N2O2/c1-18(12-13-22-19(2)9-8-14-25(22,3)4)15-20-16-27-23(17-26-20)24(28)29-21-10-6-5-7-11-21/h5-7,10-13,15-17H,8-9,14H2,1-4H3/b13-12+,18-15+. The molecule has 0 saturated heterocycles. The van der Waals surface area contributed by atoms with Crippen LogP contribution in [0.3, 0.4) is 0 Å². The first kappa shape index (κ1) is 20.7. The fourth-order valence-corrected chi connectivity index (χ4v) is 3.67. The van der Waals surface area contributed by atoms with Crippen LogP contribution in [0.15, 0.2) is 71.6 Å². The minimum Gasteiger partial charge on any atom is -0.422 e. The molecule has 0 atom stereocenters. The summed E-state index contributed by atoms with van der Waals surface area (Å²) in [5, 5.41) is 0. The van der Waals surface area contributed by atoms with Crippen LogP contribution in [0.25, 0.3) is 6.08 Å². The Morgan fingerprint density at radius 1 is 1.14 bits per heavy atom. The topological polar surface area (TPSA) is 52.1 Å². The Morgan fingerprint density at radius 2 is 1.90 bits per heavy atom. The van der Waals surface area contributed by atoms with Crippen molar-refractivity contribution in [2.45, 2.75) is 47.0 Å². The van der Waals surface area contributed by atoms with Gasteiger partial charge >= 0.3 is 5.97 Å². The average molecular weight is 389 g/mol. The predicted octanol–water partition coefficient (Wildman–Crippen LogP) is 6.18. The summed E-state index contributed by atoms with van der Waals surface area (Å²) in [6.45, 7) is 8.90. The third-order valence-corrected chi connectivity index (χ3v) is 5.27. The minimum absolute atomic E-state index is 0.184. The Labute approximate surface area is 173 Å². The second-order valence-electron chi connectivity index (χ2n) is 8.18. The van der Waals surface area contributed by atoms with Gasteiger partial charge in [0.15, 0.2) is 5.69 Å². The monoisotopic (exact) mass is 388 g/mol. The Balaban J connectivity index is 1.68. The zero-order valence-electron chi connectivity index (χ0n) is 17.6. The van der Waals surface area contributed by atoms with Crippen molar-refractivity contribution in [3.8, 4) is 5.75 Å². The van der Waals surface area contributed by atoms with Crippen LogP contribution in [-0.2, 0) is 0 Å². The highest BCUT2D eigenvalue weighted by atomic mass is 16.5. The molecule has 0 fully saturated rings. The molecule has 0 spiro atoms. The minimum atomic E-state index is -0.516. The van der Waals surface area contributed by atoms with Crippen molar-refractivity contribution >= 4 is 12.0 Å². The molecule has 0 aliphatic heterocycles. The lowest BCUT2D eigenvalue weighted by Crippen LogP contribution is -2.19. The van der Waals surface area contributed by atoms with E-state index in [2.05, 4.69) is 42.9 Å². The molecule has 0 radical (unpaired) electrons. The SMILES string of the molecule is CC1=C(/C=C/C(C)=C/c2cnc(C(=O)Oc3ccccc3)cn2)C(C)(C)CCC1. The van der Waals surface area contributed by atoms with Gasteiger partial charge < -0.3 is 4.74 Å². The van der Waals surface area contributed by atoms with Crippen molar-refractivity contribution in [3.63, 3.8) is 0 Å². The molecule has 0 bridgehead atoms. The second kappa shape index (κ2) is 8.99. The van der Waals surface area contributed by atoms with E-state index in [1.54, 1.807) is 18.3 Å². The van der Waals surface area contributed by atoms with Crippen molar-refractivity contribution in [2.75, 3.05) is 0 Å². The average Bonchev–Trinajstić information content (AvgIpc) is 2.68. The predicted molar refractivity (Wildman–Crippen MR) is 117 cm³/mol. The fourth-order valence-electron chi connectivity index (χ4n) is 3.67. The number of nitrogens with zero attached hydrogens (tertiary/aromatic N) is 2. The van der Waals surface area contributed by atoms with E-state index in [1.807, 2.05) is 31.2 Å². The number of hydrogen-bond acceptors (Lipinski definition) is 4. The van der Waals surface area contributed by atoms with E-state index in [-0.39, 0.29) is 11.1 Å². The van der Waals surface area contributed by atoms with Crippen LogP contribution in [0.2, 0.25) is 0 Å². The van der Waals surface area contributed by atoms with E-state index >= 15 is 0 Å². The lowest BCUT2D eigenvalue weighted by atomic mass is 9.72. The second-order valence-corrected chi connectivity index (χ2v) is 8.18. The van der Waals surface area contributed by atoms with Crippen LogP contribution in [0.5, 0.6) is 5.75 Å². The van der Waals surface area contributed by atoms with E-state index < -0.39 is 5.97 Å². The number of carbonyl (C=O) groups is 1. The van der Waals surface area contributed by atoms with Crippen molar-refractivity contribution in [1.29, 1.82) is 0 Å². The Hall–Kier alpha value is -3.01. The highest BCUT2D eigenvalue weighted by Gasteiger charge is 2.26. The van der Waals surface area contributed by atoms with Gasteiger partial charge in [-0.25, -0.2) is 9.78 Å². The molecular formula is C25H28N2O2. The number of aromatic nitrogens is 2. The molecule has 150 valence electrons. The molecule has 4 nitrogen and oxygen atoms in total. The maximum Gasteiger partial charge on any atom is 0.363 e. The molecule has 0 amide bonds. The van der Waals surface area contributed by atoms with Gasteiger partial charge in [0.05, 0.1) is 18.1 Å². The summed E-state index contributed by atoms with van der Waals surface area (Å²) in [6, 6.07) is 8.93. The maximum atomic E-state index is 12.2. The van der Waals surface area contributed by atoms with Gasteiger partial charge in [-0.1, -0.05) is 49.8 Å². The summed E-state index contributed by atoms with van der Waals surface area (Å²) in [7, 11) is 0. The molecule has 3 rings (SSSR count). The first-order valence-corrected chi connectivity index (χ1v) is 10.0. The number of allylic oxidation sites excluding steroid dienone is 5. The number of esters is 1. The first-order chi connectivity index (χ1) is 13.8. The lowest BCUT2D eigenvalue weighted by molar-refractivity contribution is 0.0728. The van der Waals surface area contributed by atoms with Gasteiger partial charge in [-0.05, 0) is 67.9 Å². The molecule has 1 aliphatic carbocycles. The molecule has 0 N–H and O–H groups in total. The van der Waals surface area contributed by atoms with Gasteiger partial charge in [0.2, 0.25) is 0 Å². The number of hydrogen-bond donors (Lipinski definition) is 0. The maximum absolute atomic E-state index is 12.2. The van der Waals surface area contributed by atoms with Crippen LogP contribution >= 0.6 is 0 Å². The summed E-state index contributed by atoms with van der Waals surface area (Å²) in [4.78, 5) is 20.7. The lowest BCUT2D eigenvalue weighted by Gasteiger charge is -2.32. The first-order valence-electron chi connectivity index (χ1n) is 10.0. The van der Waals surface area contributed by atoms with Gasteiger partial charge in [-0.3, -0.25) is 4.98 Å². The highest BCUT2D eigenvalue weighted by Crippen LogP contribution is 2.40. The largest absolute Gasteiger partial charge is 0.422 e. The van der Waals surface area contributed by atoms with E-state index in [9.17, 15) is 4.79 Å². The number of benzene rings is 1. The summed E-state index contributed by atoms with van der Waals surface area (Å²) >= 11 is 0. The van der Waals surface area contributed by atoms with Crippen LogP contribution in [0.1, 0.15) is 63.1 Å². The van der Waals surface area contributed by atoms with Gasteiger partial charge in [-0.15, -0.1) is 0 Å². The van der Waals surface area contributed by atoms with E-state index in [0.717, 1.165) is 5.57 Å². The Bertz CT molecular complexity index is 952. The molecule has 0 saturated carbocycles. The van der Waals surface area contributed by atoms with Crippen molar-refractivity contribution in [3.05, 3.63) is 83.0 Å². The molecular weight excluding hydrogens is 360 g/mol. The number of ether oxygens (including phenoxy) is 1. The Kier molecular flexibility index (Phi) is 6.42. The van der Waals surface area contributed by atoms with Gasteiger partial charge in [0, 0.05) is 0 Å². The fraction of sp³-hybridized carbons (Fsp3) is 0.320. The molecule has 0 unspecified atom stereocenters. The summed E-state index contributed by atoms with van der Waals surface area (Å²) in [6.07, 6.45) is 13.0.